The summed E-state index contributed by atoms with van der Waals surface area (Å²) in [6, 6.07) is 5.68. The van der Waals surface area contributed by atoms with Crippen molar-refractivity contribution in [2.75, 3.05) is 5.73 Å². The Morgan fingerprint density at radius 1 is 1.22 bits per heavy atom. The van der Waals surface area contributed by atoms with E-state index in [0.717, 1.165) is 10.4 Å². The monoisotopic (exact) mass is 258 g/mol. The van der Waals surface area contributed by atoms with Crippen molar-refractivity contribution in [2.45, 2.75) is 6.42 Å². The van der Waals surface area contributed by atoms with Crippen LogP contribution in [0.5, 0.6) is 0 Å². The predicted molar refractivity (Wildman–Crippen MR) is 69.1 cm³/mol. The molecular weight excluding hydrogens is 248 g/mol. The van der Waals surface area contributed by atoms with Gasteiger partial charge in [0.05, 0.1) is 5.69 Å². The third-order valence-corrected chi connectivity index (χ3v) is 3.39. The van der Waals surface area contributed by atoms with Gasteiger partial charge in [-0.2, -0.15) is 4.98 Å². The number of nitrogen functional groups attached to an aromatic ring is 1. The van der Waals surface area contributed by atoms with Gasteiger partial charge in [-0.1, -0.05) is 5.16 Å². The number of hydrogen-bond acceptors (Lipinski definition) is 6. The van der Waals surface area contributed by atoms with E-state index in [1.807, 2.05) is 23.6 Å². The average molecular weight is 258 g/mol. The summed E-state index contributed by atoms with van der Waals surface area (Å²) in [6.45, 7) is 0. The molecule has 0 bridgehead atoms. The number of pyridine rings is 1. The maximum absolute atomic E-state index is 5.81. The first-order valence-corrected chi connectivity index (χ1v) is 6.26. The molecule has 0 atom stereocenters. The summed E-state index contributed by atoms with van der Waals surface area (Å²) in [5.74, 6) is 1.12. The zero-order chi connectivity index (χ0) is 12.4. The van der Waals surface area contributed by atoms with Crippen molar-refractivity contribution >= 4 is 17.0 Å². The Morgan fingerprint density at radius 2 is 2.06 bits per heavy atom. The fraction of sp³-hybridized carbons (Fsp3) is 0.0833. The maximum atomic E-state index is 5.81. The Morgan fingerprint density at radius 3 is 2.78 bits per heavy atom. The smallest absolute Gasteiger partial charge is 0.270 e. The van der Waals surface area contributed by atoms with E-state index in [4.69, 9.17) is 10.3 Å². The Labute approximate surface area is 107 Å². The van der Waals surface area contributed by atoms with Crippen molar-refractivity contribution in [3.63, 3.8) is 0 Å². The van der Waals surface area contributed by atoms with E-state index in [0.29, 0.717) is 23.8 Å². The molecule has 3 aromatic heterocycles. The van der Waals surface area contributed by atoms with E-state index in [1.165, 1.54) is 11.3 Å². The van der Waals surface area contributed by atoms with Gasteiger partial charge in [-0.15, -0.1) is 11.3 Å². The Kier molecular flexibility index (Phi) is 2.77. The topological polar surface area (TPSA) is 77.8 Å². The molecule has 3 aromatic rings. The second-order valence-corrected chi connectivity index (χ2v) is 4.67. The van der Waals surface area contributed by atoms with Gasteiger partial charge in [0.2, 0.25) is 0 Å². The molecule has 3 rings (SSSR count). The van der Waals surface area contributed by atoms with E-state index >= 15 is 0 Å². The number of hydrogen-bond donors (Lipinski definition) is 1. The molecule has 0 aliphatic heterocycles. The molecule has 0 aliphatic rings. The van der Waals surface area contributed by atoms with E-state index in [-0.39, 0.29) is 0 Å². The Balaban J connectivity index is 1.84. The highest BCUT2D eigenvalue weighted by Crippen LogP contribution is 2.30. The number of anilines is 1. The molecule has 6 heteroatoms. The zero-order valence-corrected chi connectivity index (χ0v) is 10.2. The summed E-state index contributed by atoms with van der Waals surface area (Å²) < 4.78 is 5.22. The molecule has 18 heavy (non-hydrogen) atoms. The molecule has 0 aliphatic carbocycles. The molecule has 90 valence electrons. The van der Waals surface area contributed by atoms with E-state index in [1.54, 1.807) is 12.4 Å². The average Bonchev–Trinajstić information content (AvgIpc) is 2.99. The summed E-state index contributed by atoms with van der Waals surface area (Å²) in [6.07, 6.45) is 4.11. The fourth-order valence-electron chi connectivity index (χ4n) is 1.59. The molecule has 0 spiro atoms. The normalized spacial score (nSPS) is 10.7. The number of thiophene rings is 1. The molecule has 5 nitrogen and oxygen atoms in total. The number of nitrogens with zero attached hydrogens (tertiary/aromatic N) is 3. The largest absolute Gasteiger partial charge is 0.397 e. The summed E-state index contributed by atoms with van der Waals surface area (Å²) >= 11 is 1.49. The minimum atomic E-state index is 0.478. The first-order chi connectivity index (χ1) is 8.83. The van der Waals surface area contributed by atoms with Gasteiger partial charge in [0.25, 0.3) is 5.89 Å². The van der Waals surface area contributed by atoms with Crippen molar-refractivity contribution < 1.29 is 4.52 Å². The molecule has 3 heterocycles. The summed E-state index contributed by atoms with van der Waals surface area (Å²) in [4.78, 5) is 9.13. The van der Waals surface area contributed by atoms with Gasteiger partial charge in [0, 0.05) is 18.8 Å². The van der Waals surface area contributed by atoms with Crippen LogP contribution < -0.4 is 5.73 Å². The lowest BCUT2D eigenvalue weighted by Gasteiger charge is -1.93. The highest BCUT2D eigenvalue weighted by Gasteiger charge is 2.13. The SMILES string of the molecule is Nc1ccsc1-c1nc(Cc2ccncc2)no1. The van der Waals surface area contributed by atoms with Gasteiger partial charge >= 0.3 is 0 Å². The quantitative estimate of drug-likeness (QED) is 0.780. The number of nitrogens with two attached hydrogens (primary N) is 1. The zero-order valence-electron chi connectivity index (χ0n) is 9.41. The molecule has 0 saturated heterocycles. The fourth-order valence-corrected chi connectivity index (χ4v) is 2.33. The van der Waals surface area contributed by atoms with Crippen LogP contribution in [0.25, 0.3) is 10.8 Å². The van der Waals surface area contributed by atoms with Crippen molar-refractivity contribution in [1.29, 1.82) is 0 Å². The number of rotatable bonds is 3. The van der Waals surface area contributed by atoms with Crippen LogP contribution in [-0.4, -0.2) is 15.1 Å². The van der Waals surface area contributed by atoms with Gasteiger partial charge < -0.3 is 10.3 Å². The second-order valence-electron chi connectivity index (χ2n) is 3.75. The summed E-state index contributed by atoms with van der Waals surface area (Å²) in [5.41, 5.74) is 7.57. The minimum Gasteiger partial charge on any atom is -0.397 e. The molecule has 0 amide bonds. The van der Waals surface area contributed by atoms with Crippen molar-refractivity contribution in [2.24, 2.45) is 0 Å². The van der Waals surface area contributed by atoms with Crippen molar-refractivity contribution in [3.05, 3.63) is 47.4 Å². The highest BCUT2D eigenvalue weighted by atomic mass is 32.1. The van der Waals surface area contributed by atoms with E-state index < -0.39 is 0 Å². The van der Waals surface area contributed by atoms with Crippen molar-refractivity contribution in [1.82, 2.24) is 15.1 Å². The summed E-state index contributed by atoms with van der Waals surface area (Å²) in [7, 11) is 0. The second kappa shape index (κ2) is 4.58. The first-order valence-electron chi connectivity index (χ1n) is 5.38. The van der Waals surface area contributed by atoms with Crippen LogP contribution >= 0.6 is 11.3 Å². The first kappa shape index (κ1) is 10.9. The number of aromatic nitrogens is 3. The van der Waals surface area contributed by atoms with Gasteiger partial charge in [0.1, 0.15) is 4.88 Å². The van der Waals surface area contributed by atoms with Gasteiger partial charge in [-0.25, -0.2) is 0 Å². The molecular formula is C12H10N4OS. The Bertz CT molecular complexity index is 647. The maximum Gasteiger partial charge on any atom is 0.270 e. The lowest BCUT2D eigenvalue weighted by atomic mass is 10.2. The summed E-state index contributed by atoms with van der Waals surface area (Å²) in [5, 5.41) is 5.85. The molecule has 0 fully saturated rings. The van der Waals surface area contributed by atoms with E-state index in [9.17, 15) is 0 Å². The lowest BCUT2D eigenvalue weighted by Crippen LogP contribution is -1.91. The van der Waals surface area contributed by atoms with Gasteiger partial charge in [-0.3, -0.25) is 4.98 Å². The van der Waals surface area contributed by atoms with Crippen LogP contribution in [0.15, 0.2) is 40.5 Å². The molecule has 0 radical (unpaired) electrons. The van der Waals surface area contributed by atoms with Crippen molar-refractivity contribution in [3.8, 4) is 10.8 Å². The van der Waals surface area contributed by atoms with Crippen LogP contribution in [0.3, 0.4) is 0 Å². The third kappa shape index (κ3) is 2.10. The lowest BCUT2D eigenvalue weighted by molar-refractivity contribution is 0.425. The van der Waals surface area contributed by atoms with Crippen LogP contribution in [0, 0.1) is 0 Å². The van der Waals surface area contributed by atoms with Crippen LogP contribution in [-0.2, 0) is 6.42 Å². The van der Waals surface area contributed by atoms with E-state index in [2.05, 4.69) is 15.1 Å². The van der Waals surface area contributed by atoms with Gasteiger partial charge in [-0.05, 0) is 29.1 Å². The molecule has 2 N–H and O–H groups in total. The Hall–Kier alpha value is -2.21. The molecule has 0 saturated carbocycles. The van der Waals surface area contributed by atoms with Gasteiger partial charge in [0.15, 0.2) is 5.82 Å². The highest BCUT2D eigenvalue weighted by molar-refractivity contribution is 7.14. The minimum absolute atomic E-state index is 0.478. The van der Waals surface area contributed by atoms with Crippen LogP contribution in [0.1, 0.15) is 11.4 Å². The standard InChI is InChI=1S/C12H10N4OS/c13-9-3-6-18-11(9)12-15-10(16-17-12)7-8-1-4-14-5-2-8/h1-6H,7,13H2. The van der Waals surface area contributed by atoms with Crippen LogP contribution in [0.4, 0.5) is 5.69 Å². The molecule has 0 aromatic carbocycles. The van der Waals surface area contributed by atoms with Crippen LogP contribution in [0.2, 0.25) is 0 Å². The predicted octanol–water partition coefficient (Wildman–Crippen LogP) is 2.37. The third-order valence-electron chi connectivity index (χ3n) is 2.47. The molecule has 0 unspecified atom stereocenters.